The molecule has 0 spiro atoms. The smallest absolute Gasteiger partial charge is 0.329 e. The van der Waals surface area contributed by atoms with Gasteiger partial charge < -0.3 is 14.7 Å². The molecule has 0 aliphatic carbocycles. The van der Waals surface area contributed by atoms with Crippen LogP contribution in [0.1, 0.15) is 23.1 Å². The van der Waals surface area contributed by atoms with Crippen LogP contribution in [0.15, 0.2) is 18.2 Å². The third kappa shape index (κ3) is 3.08. The number of hydrogen-bond donors (Lipinski definition) is 1. The zero-order valence-corrected chi connectivity index (χ0v) is 10.9. The Labute approximate surface area is 111 Å². The van der Waals surface area contributed by atoms with Gasteiger partial charge in [-0.25, -0.2) is 9.78 Å². The summed E-state index contributed by atoms with van der Waals surface area (Å²) >= 11 is 0. The van der Waals surface area contributed by atoms with Gasteiger partial charge in [0.25, 0.3) is 5.91 Å². The molecule has 0 atom stereocenters. The van der Waals surface area contributed by atoms with Gasteiger partial charge in [-0.15, -0.1) is 0 Å². The van der Waals surface area contributed by atoms with Crippen LogP contribution in [-0.2, 0) is 9.53 Å². The van der Waals surface area contributed by atoms with Crippen molar-refractivity contribution in [2.75, 3.05) is 19.7 Å². The fourth-order valence-electron chi connectivity index (χ4n) is 2.06. The van der Waals surface area contributed by atoms with Crippen molar-refractivity contribution >= 4 is 11.9 Å². The van der Waals surface area contributed by atoms with E-state index in [2.05, 4.69) is 4.98 Å². The number of likely N-dealkylation sites (tertiary alicyclic amines) is 1. The number of aliphatic carboxylic acids is 1. The predicted molar refractivity (Wildman–Crippen MR) is 66.9 cm³/mol. The van der Waals surface area contributed by atoms with Crippen molar-refractivity contribution in [3.63, 3.8) is 0 Å². The number of hydrogen-bond acceptors (Lipinski definition) is 4. The van der Waals surface area contributed by atoms with Gasteiger partial charge in [-0.3, -0.25) is 4.79 Å². The zero-order chi connectivity index (χ0) is 14.0. The second-order valence-corrected chi connectivity index (χ2v) is 4.96. The second-order valence-electron chi connectivity index (χ2n) is 4.96. The van der Waals surface area contributed by atoms with E-state index in [1.165, 1.54) is 0 Å². The quantitative estimate of drug-likeness (QED) is 0.866. The van der Waals surface area contributed by atoms with Crippen molar-refractivity contribution in [1.82, 2.24) is 9.88 Å². The highest BCUT2D eigenvalue weighted by Gasteiger charge is 2.43. The van der Waals surface area contributed by atoms with Crippen LogP contribution in [0.2, 0.25) is 0 Å². The van der Waals surface area contributed by atoms with Crippen molar-refractivity contribution in [2.45, 2.75) is 19.4 Å². The average molecular weight is 264 g/mol. The number of carbonyl (C=O) groups excluding carboxylic acids is 1. The van der Waals surface area contributed by atoms with Crippen LogP contribution in [0.25, 0.3) is 0 Å². The van der Waals surface area contributed by atoms with Crippen LogP contribution >= 0.6 is 0 Å². The maximum atomic E-state index is 12.1. The van der Waals surface area contributed by atoms with E-state index in [1.54, 1.807) is 24.0 Å². The van der Waals surface area contributed by atoms with Crippen molar-refractivity contribution < 1.29 is 19.4 Å². The minimum absolute atomic E-state index is 0.153. The standard InChI is InChI=1S/C13H16N2O4/c1-9-4-3-5-10(14-9)12(18)15-7-13(2,8-15)19-6-11(16)17/h3-5H,6-8H2,1-2H3,(H,16,17). The number of aryl methyl sites for hydroxylation is 1. The molecular formula is C13H16N2O4. The number of rotatable bonds is 4. The van der Waals surface area contributed by atoms with Crippen molar-refractivity contribution in [3.05, 3.63) is 29.6 Å². The van der Waals surface area contributed by atoms with Crippen molar-refractivity contribution in [3.8, 4) is 0 Å². The Balaban J connectivity index is 1.93. The lowest BCUT2D eigenvalue weighted by Gasteiger charge is -2.47. The fraction of sp³-hybridized carbons (Fsp3) is 0.462. The molecule has 0 saturated carbocycles. The normalized spacial score (nSPS) is 16.8. The van der Waals surface area contributed by atoms with Gasteiger partial charge in [0.1, 0.15) is 17.9 Å². The highest BCUT2D eigenvalue weighted by Crippen LogP contribution is 2.25. The summed E-state index contributed by atoms with van der Waals surface area (Å²) in [5, 5.41) is 8.56. The largest absolute Gasteiger partial charge is 0.480 e. The molecule has 1 N–H and O–H groups in total. The van der Waals surface area contributed by atoms with Gasteiger partial charge in [-0.1, -0.05) is 6.07 Å². The SMILES string of the molecule is Cc1cccc(C(=O)N2CC(C)(OCC(=O)O)C2)n1. The molecule has 19 heavy (non-hydrogen) atoms. The highest BCUT2D eigenvalue weighted by molar-refractivity contribution is 5.93. The van der Waals surface area contributed by atoms with Crippen molar-refractivity contribution in [2.24, 2.45) is 0 Å². The minimum Gasteiger partial charge on any atom is -0.480 e. The molecule has 1 fully saturated rings. The molecule has 2 heterocycles. The summed E-state index contributed by atoms with van der Waals surface area (Å²) in [7, 11) is 0. The van der Waals surface area contributed by atoms with Crippen molar-refractivity contribution in [1.29, 1.82) is 0 Å². The monoisotopic (exact) mass is 264 g/mol. The van der Waals surface area contributed by atoms with Crippen LogP contribution in [0.4, 0.5) is 0 Å². The fourth-order valence-corrected chi connectivity index (χ4v) is 2.06. The van der Waals surface area contributed by atoms with E-state index in [1.807, 2.05) is 13.0 Å². The Morgan fingerprint density at radius 1 is 1.47 bits per heavy atom. The molecule has 6 heteroatoms. The molecule has 0 aromatic carbocycles. The zero-order valence-electron chi connectivity index (χ0n) is 10.9. The lowest BCUT2D eigenvalue weighted by Crippen LogP contribution is -2.63. The van der Waals surface area contributed by atoms with E-state index in [0.717, 1.165) is 5.69 Å². The summed E-state index contributed by atoms with van der Waals surface area (Å²) in [4.78, 5) is 28.3. The van der Waals surface area contributed by atoms with Gasteiger partial charge in [-0.2, -0.15) is 0 Å². The summed E-state index contributed by atoms with van der Waals surface area (Å²) < 4.78 is 5.25. The Kier molecular flexibility index (Phi) is 3.53. The number of ether oxygens (including phenoxy) is 1. The van der Waals surface area contributed by atoms with E-state index in [0.29, 0.717) is 18.8 Å². The highest BCUT2D eigenvalue weighted by atomic mass is 16.5. The predicted octanol–water partition coefficient (Wildman–Crippen LogP) is 0.706. The summed E-state index contributed by atoms with van der Waals surface area (Å²) in [6.45, 7) is 4.04. The van der Waals surface area contributed by atoms with Gasteiger partial charge in [0.15, 0.2) is 0 Å². The Morgan fingerprint density at radius 3 is 2.74 bits per heavy atom. The third-order valence-corrected chi connectivity index (χ3v) is 2.99. The second kappa shape index (κ2) is 4.97. The van der Waals surface area contributed by atoms with Gasteiger partial charge >= 0.3 is 5.97 Å². The molecule has 0 bridgehead atoms. The molecule has 6 nitrogen and oxygen atoms in total. The molecule has 1 amide bonds. The number of amides is 1. The topological polar surface area (TPSA) is 79.7 Å². The van der Waals surface area contributed by atoms with E-state index in [4.69, 9.17) is 9.84 Å². The van der Waals surface area contributed by atoms with Crippen LogP contribution < -0.4 is 0 Å². The Morgan fingerprint density at radius 2 is 2.16 bits per heavy atom. The molecule has 2 rings (SSSR count). The van der Waals surface area contributed by atoms with Gasteiger partial charge in [0, 0.05) is 5.69 Å². The van der Waals surface area contributed by atoms with Crippen LogP contribution in [0.5, 0.6) is 0 Å². The number of pyridine rings is 1. The average Bonchev–Trinajstić information content (AvgIpc) is 2.32. The molecule has 0 radical (unpaired) electrons. The molecule has 0 unspecified atom stereocenters. The molecule has 1 aromatic rings. The first-order valence-electron chi connectivity index (χ1n) is 5.98. The molecule has 1 aliphatic heterocycles. The first kappa shape index (κ1) is 13.5. The van der Waals surface area contributed by atoms with E-state index in [-0.39, 0.29) is 12.5 Å². The van der Waals surface area contributed by atoms with Crippen LogP contribution in [0.3, 0.4) is 0 Å². The lowest BCUT2D eigenvalue weighted by atomic mass is 9.96. The third-order valence-electron chi connectivity index (χ3n) is 2.99. The summed E-state index contributed by atoms with van der Waals surface area (Å²) in [6.07, 6.45) is 0. The van der Waals surface area contributed by atoms with Gasteiger partial charge in [0.05, 0.1) is 13.1 Å². The van der Waals surface area contributed by atoms with E-state index in [9.17, 15) is 9.59 Å². The molecule has 102 valence electrons. The van der Waals surface area contributed by atoms with Gasteiger partial charge in [-0.05, 0) is 26.0 Å². The number of nitrogens with zero attached hydrogens (tertiary/aromatic N) is 2. The molecular weight excluding hydrogens is 248 g/mol. The number of carboxylic acids is 1. The van der Waals surface area contributed by atoms with Crippen LogP contribution in [-0.4, -0.2) is 52.2 Å². The lowest BCUT2D eigenvalue weighted by molar-refractivity contribution is -0.159. The number of aromatic nitrogens is 1. The first-order valence-corrected chi connectivity index (χ1v) is 5.98. The minimum atomic E-state index is -1.01. The maximum Gasteiger partial charge on any atom is 0.329 e. The first-order chi connectivity index (χ1) is 8.89. The number of carboxylic acid groups (broad SMARTS) is 1. The summed E-state index contributed by atoms with van der Waals surface area (Å²) in [5.74, 6) is -1.16. The summed E-state index contributed by atoms with van der Waals surface area (Å²) in [5.41, 5.74) is 0.620. The van der Waals surface area contributed by atoms with Gasteiger partial charge in [0.2, 0.25) is 0 Å². The molecule has 1 saturated heterocycles. The Bertz CT molecular complexity index is 509. The van der Waals surface area contributed by atoms with E-state index < -0.39 is 11.6 Å². The Hall–Kier alpha value is -1.95. The summed E-state index contributed by atoms with van der Waals surface area (Å²) in [6, 6.07) is 5.28. The van der Waals surface area contributed by atoms with E-state index >= 15 is 0 Å². The maximum absolute atomic E-state index is 12.1. The number of carbonyl (C=O) groups is 2. The van der Waals surface area contributed by atoms with Crippen LogP contribution in [0, 0.1) is 6.92 Å². The molecule has 1 aliphatic rings. The molecule has 1 aromatic heterocycles.